The number of hydrogen-bond acceptors (Lipinski definition) is 4. The Bertz CT molecular complexity index is 226. The molecule has 0 aromatic carbocycles. The van der Waals surface area contributed by atoms with Crippen LogP contribution >= 0.6 is 0 Å². The Hall–Kier alpha value is -0.850. The Morgan fingerprint density at radius 2 is 2.06 bits per heavy atom. The van der Waals surface area contributed by atoms with Crippen molar-refractivity contribution in [3.8, 4) is 0 Å². The second kappa shape index (κ2) is 10.1. The molecule has 2 rings (SSSR count). The van der Waals surface area contributed by atoms with E-state index in [1.54, 1.807) is 4.90 Å². The Morgan fingerprint density at radius 1 is 1.39 bits per heavy atom. The highest BCUT2D eigenvalue weighted by Gasteiger charge is 2.33. The third-order valence-corrected chi connectivity index (χ3v) is 2.75. The fourth-order valence-electron chi connectivity index (χ4n) is 1.97. The van der Waals surface area contributed by atoms with Crippen molar-refractivity contribution in [3.05, 3.63) is 0 Å². The molecule has 0 bridgehead atoms. The summed E-state index contributed by atoms with van der Waals surface area (Å²) in [6.07, 6.45) is 2.42. The second-order valence-corrected chi connectivity index (χ2v) is 3.75. The SMILES string of the molecule is CC.CO.O=C1NCCCN1[C@H]1CC[C@@H](CO)O1. The molecule has 2 saturated heterocycles. The average Bonchev–Trinajstić information content (AvgIpc) is 2.92. The molecule has 18 heavy (non-hydrogen) atoms. The summed E-state index contributed by atoms with van der Waals surface area (Å²) in [6, 6.07) is -0.0418. The van der Waals surface area contributed by atoms with Crippen LogP contribution in [0, 0.1) is 0 Å². The van der Waals surface area contributed by atoms with Crippen molar-refractivity contribution in [1.82, 2.24) is 10.2 Å². The van der Waals surface area contributed by atoms with Crippen LogP contribution in [0.2, 0.25) is 0 Å². The number of aliphatic hydroxyl groups is 2. The Morgan fingerprint density at radius 3 is 2.56 bits per heavy atom. The first-order chi connectivity index (χ1) is 8.81. The summed E-state index contributed by atoms with van der Waals surface area (Å²) < 4.78 is 5.54. The van der Waals surface area contributed by atoms with Crippen LogP contribution in [0.15, 0.2) is 0 Å². The predicted octanol–water partition coefficient (Wildman–Crippen LogP) is 0.534. The molecule has 2 heterocycles. The zero-order chi connectivity index (χ0) is 14.0. The lowest BCUT2D eigenvalue weighted by molar-refractivity contribution is -0.0533. The number of aliphatic hydroxyl groups excluding tert-OH is 2. The van der Waals surface area contributed by atoms with Gasteiger partial charge in [0.2, 0.25) is 0 Å². The van der Waals surface area contributed by atoms with Crippen LogP contribution < -0.4 is 5.32 Å². The van der Waals surface area contributed by atoms with E-state index in [1.165, 1.54) is 0 Å². The molecule has 0 aromatic heterocycles. The highest BCUT2D eigenvalue weighted by Crippen LogP contribution is 2.23. The predicted molar refractivity (Wildman–Crippen MR) is 69.2 cm³/mol. The molecule has 2 aliphatic rings. The molecule has 0 unspecified atom stereocenters. The fraction of sp³-hybridized carbons (Fsp3) is 0.917. The number of nitrogens with one attached hydrogen (secondary N) is 1. The Labute approximate surface area is 109 Å². The summed E-state index contributed by atoms with van der Waals surface area (Å²) in [6.45, 7) is 5.56. The summed E-state index contributed by atoms with van der Waals surface area (Å²) in [5, 5.41) is 18.7. The molecule has 2 amide bonds. The molecule has 0 spiro atoms. The number of carbonyl (C=O) groups is 1. The van der Waals surface area contributed by atoms with Crippen molar-refractivity contribution >= 4 is 6.03 Å². The molecule has 0 aliphatic carbocycles. The second-order valence-electron chi connectivity index (χ2n) is 3.75. The van der Waals surface area contributed by atoms with Gasteiger partial charge in [0.15, 0.2) is 0 Å². The monoisotopic (exact) mass is 262 g/mol. The van der Waals surface area contributed by atoms with Gasteiger partial charge in [-0.05, 0) is 19.3 Å². The topological polar surface area (TPSA) is 82.0 Å². The Kier molecular flexibility index (Phi) is 9.63. The average molecular weight is 262 g/mol. The van der Waals surface area contributed by atoms with Crippen LogP contribution in [0.1, 0.15) is 33.1 Å². The Balaban J connectivity index is 0.000000659. The van der Waals surface area contributed by atoms with Gasteiger partial charge in [0.05, 0.1) is 12.7 Å². The lowest BCUT2D eigenvalue weighted by Gasteiger charge is -2.32. The number of ether oxygens (including phenoxy) is 1. The number of carbonyl (C=O) groups excluding carboxylic acids is 1. The molecule has 6 heteroatoms. The first kappa shape index (κ1) is 17.2. The van der Waals surface area contributed by atoms with Gasteiger partial charge >= 0.3 is 6.03 Å². The lowest BCUT2D eigenvalue weighted by Crippen LogP contribution is -2.51. The van der Waals surface area contributed by atoms with E-state index < -0.39 is 0 Å². The molecule has 6 nitrogen and oxygen atoms in total. The highest BCUT2D eigenvalue weighted by molar-refractivity contribution is 5.75. The minimum absolute atomic E-state index is 0.0418. The van der Waals surface area contributed by atoms with Gasteiger partial charge in [-0.2, -0.15) is 0 Å². The van der Waals surface area contributed by atoms with Crippen molar-refractivity contribution in [2.45, 2.75) is 45.4 Å². The van der Waals surface area contributed by atoms with E-state index in [2.05, 4.69) is 5.32 Å². The largest absolute Gasteiger partial charge is 0.400 e. The summed E-state index contributed by atoms with van der Waals surface area (Å²) in [7, 11) is 1.00. The third-order valence-electron chi connectivity index (χ3n) is 2.75. The van der Waals surface area contributed by atoms with Crippen LogP contribution in [-0.2, 0) is 4.74 Å². The van der Waals surface area contributed by atoms with E-state index in [-0.39, 0.29) is 25.0 Å². The van der Waals surface area contributed by atoms with Crippen molar-refractivity contribution in [1.29, 1.82) is 0 Å². The number of nitrogens with zero attached hydrogens (tertiary/aromatic N) is 1. The molecule has 0 aromatic rings. The van der Waals surface area contributed by atoms with Gasteiger partial charge in [-0.25, -0.2) is 4.79 Å². The van der Waals surface area contributed by atoms with Gasteiger partial charge in [0.1, 0.15) is 6.23 Å². The van der Waals surface area contributed by atoms with E-state index >= 15 is 0 Å². The van der Waals surface area contributed by atoms with Crippen LogP contribution in [-0.4, -0.2) is 60.3 Å². The molecule has 0 saturated carbocycles. The van der Waals surface area contributed by atoms with Crippen molar-refractivity contribution in [2.75, 3.05) is 26.8 Å². The lowest BCUT2D eigenvalue weighted by atomic mass is 10.2. The molecule has 2 atom stereocenters. The molecular formula is C12H26N2O4. The van der Waals surface area contributed by atoms with Gasteiger partial charge in [-0.3, -0.25) is 4.90 Å². The van der Waals surface area contributed by atoms with E-state index in [9.17, 15) is 4.79 Å². The maximum Gasteiger partial charge on any atom is 0.319 e. The van der Waals surface area contributed by atoms with Crippen LogP contribution in [0.4, 0.5) is 4.79 Å². The maximum absolute atomic E-state index is 11.4. The van der Waals surface area contributed by atoms with Crippen molar-refractivity contribution in [2.24, 2.45) is 0 Å². The summed E-state index contributed by atoms with van der Waals surface area (Å²) in [5.41, 5.74) is 0. The summed E-state index contributed by atoms with van der Waals surface area (Å²) in [5.74, 6) is 0. The van der Waals surface area contributed by atoms with Gasteiger partial charge in [0.25, 0.3) is 0 Å². The zero-order valence-corrected chi connectivity index (χ0v) is 11.6. The first-order valence-electron chi connectivity index (χ1n) is 6.57. The number of amides is 2. The summed E-state index contributed by atoms with van der Waals surface area (Å²) >= 11 is 0. The van der Waals surface area contributed by atoms with Crippen LogP contribution in [0.3, 0.4) is 0 Å². The number of rotatable bonds is 2. The van der Waals surface area contributed by atoms with E-state index in [0.29, 0.717) is 0 Å². The first-order valence-corrected chi connectivity index (χ1v) is 6.57. The van der Waals surface area contributed by atoms with E-state index in [1.807, 2.05) is 13.8 Å². The molecule has 108 valence electrons. The molecule has 2 fully saturated rings. The van der Waals surface area contributed by atoms with Crippen LogP contribution in [0.25, 0.3) is 0 Å². The normalized spacial score (nSPS) is 26.5. The maximum atomic E-state index is 11.4. The van der Waals surface area contributed by atoms with Gasteiger partial charge in [-0.15, -0.1) is 0 Å². The van der Waals surface area contributed by atoms with E-state index in [0.717, 1.165) is 39.5 Å². The highest BCUT2D eigenvalue weighted by atomic mass is 16.5. The van der Waals surface area contributed by atoms with Crippen molar-refractivity contribution < 1.29 is 19.7 Å². The number of urea groups is 1. The standard InChI is InChI=1S/C9H16N2O3.C2H6.CH4O/c12-6-7-2-3-8(14-7)11-5-1-4-10-9(11)13;2*1-2/h7-8,12H,1-6H2,(H,10,13);1-2H3;2H,1H3/t7-,8+;;/m0../s1. The van der Waals surface area contributed by atoms with Gasteiger partial charge < -0.3 is 20.3 Å². The fourth-order valence-corrected chi connectivity index (χ4v) is 1.97. The van der Waals surface area contributed by atoms with Crippen molar-refractivity contribution in [3.63, 3.8) is 0 Å². The molecule has 3 N–H and O–H groups in total. The number of hydrogen-bond donors (Lipinski definition) is 3. The zero-order valence-electron chi connectivity index (χ0n) is 11.6. The van der Waals surface area contributed by atoms with E-state index in [4.69, 9.17) is 14.9 Å². The van der Waals surface area contributed by atoms with Crippen LogP contribution in [0.5, 0.6) is 0 Å². The van der Waals surface area contributed by atoms with Gasteiger partial charge in [0, 0.05) is 20.2 Å². The van der Waals surface area contributed by atoms with Gasteiger partial charge in [-0.1, -0.05) is 13.8 Å². The quantitative estimate of drug-likeness (QED) is 0.678. The smallest absolute Gasteiger partial charge is 0.319 e. The molecule has 0 radical (unpaired) electrons. The molecule has 2 aliphatic heterocycles. The minimum atomic E-state index is -0.132. The summed E-state index contributed by atoms with van der Waals surface area (Å²) in [4.78, 5) is 13.2. The third kappa shape index (κ3) is 4.80. The minimum Gasteiger partial charge on any atom is -0.400 e. The molecular weight excluding hydrogens is 236 g/mol.